The third-order valence-corrected chi connectivity index (χ3v) is 2.93. The van der Waals surface area contributed by atoms with Crippen LogP contribution in [0.5, 0.6) is 5.88 Å². The molecule has 0 unspecified atom stereocenters. The molecule has 6 heteroatoms. The van der Waals surface area contributed by atoms with Crippen molar-refractivity contribution in [2.24, 2.45) is 7.05 Å². The van der Waals surface area contributed by atoms with Crippen LogP contribution in [-0.2, 0) is 7.05 Å². The van der Waals surface area contributed by atoms with Crippen molar-refractivity contribution in [1.82, 2.24) is 20.4 Å². The first-order chi connectivity index (χ1) is 8.70. The molecule has 1 amide bonds. The number of aryl methyl sites for hydroxylation is 1. The van der Waals surface area contributed by atoms with Crippen LogP contribution in [0.2, 0.25) is 0 Å². The summed E-state index contributed by atoms with van der Waals surface area (Å²) in [5.74, 6) is 0.427. The zero-order chi connectivity index (χ0) is 13.0. The van der Waals surface area contributed by atoms with Crippen molar-refractivity contribution >= 4 is 5.91 Å². The number of nitrogens with one attached hydrogen (secondary N) is 2. The summed E-state index contributed by atoms with van der Waals surface area (Å²) >= 11 is 0. The van der Waals surface area contributed by atoms with Crippen LogP contribution in [-0.4, -0.2) is 41.9 Å². The van der Waals surface area contributed by atoms with Crippen LogP contribution in [0.25, 0.3) is 0 Å². The van der Waals surface area contributed by atoms with E-state index in [1.54, 1.807) is 24.9 Å². The Morgan fingerprint density at radius 1 is 1.56 bits per heavy atom. The summed E-state index contributed by atoms with van der Waals surface area (Å²) in [7, 11) is 3.30. The molecule has 0 atom stereocenters. The summed E-state index contributed by atoms with van der Waals surface area (Å²) in [6.45, 7) is 1.62. The second-order valence-electron chi connectivity index (χ2n) is 4.53. The van der Waals surface area contributed by atoms with Crippen LogP contribution >= 0.6 is 0 Å². The Bertz CT molecular complexity index is 412. The maximum atomic E-state index is 11.8. The number of hydrogen-bond donors (Lipinski definition) is 2. The van der Waals surface area contributed by atoms with Crippen LogP contribution in [0.4, 0.5) is 0 Å². The largest absolute Gasteiger partial charge is 0.481 e. The van der Waals surface area contributed by atoms with Gasteiger partial charge in [0.05, 0.1) is 7.11 Å². The van der Waals surface area contributed by atoms with Crippen LogP contribution < -0.4 is 15.4 Å². The zero-order valence-electron chi connectivity index (χ0n) is 10.9. The SMILES string of the molecule is COc1cc(C(=O)NCCCNC2CC2)nn1C. The molecule has 0 bridgehead atoms. The van der Waals surface area contributed by atoms with E-state index in [0.717, 1.165) is 19.0 Å². The average Bonchev–Trinajstić information content (AvgIpc) is 3.10. The monoisotopic (exact) mass is 252 g/mol. The molecule has 0 aliphatic heterocycles. The molecule has 1 aromatic heterocycles. The van der Waals surface area contributed by atoms with Crippen molar-refractivity contribution in [2.75, 3.05) is 20.2 Å². The Morgan fingerprint density at radius 2 is 2.33 bits per heavy atom. The minimum Gasteiger partial charge on any atom is -0.481 e. The third-order valence-electron chi connectivity index (χ3n) is 2.93. The minimum atomic E-state index is -0.152. The molecule has 1 fully saturated rings. The van der Waals surface area contributed by atoms with Crippen LogP contribution in [0.3, 0.4) is 0 Å². The summed E-state index contributed by atoms with van der Waals surface area (Å²) in [6.07, 6.45) is 3.52. The van der Waals surface area contributed by atoms with E-state index in [-0.39, 0.29) is 5.91 Å². The molecule has 1 heterocycles. The highest BCUT2D eigenvalue weighted by molar-refractivity contribution is 5.92. The van der Waals surface area contributed by atoms with Crippen LogP contribution in [0, 0.1) is 0 Å². The van der Waals surface area contributed by atoms with Crippen molar-refractivity contribution in [3.63, 3.8) is 0 Å². The fraction of sp³-hybridized carbons (Fsp3) is 0.667. The van der Waals surface area contributed by atoms with E-state index in [1.165, 1.54) is 12.8 Å². The fourth-order valence-corrected chi connectivity index (χ4v) is 1.73. The smallest absolute Gasteiger partial charge is 0.271 e. The van der Waals surface area contributed by atoms with Gasteiger partial charge in [0.25, 0.3) is 5.91 Å². The lowest BCUT2D eigenvalue weighted by Crippen LogP contribution is -2.28. The van der Waals surface area contributed by atoms with E-state index in [9.17, 15) is 4.79 Å². The molecule has 0 saturated heterocycles. The van der Waals surface area contributed by atoms with Gasteiger partial charge >= 0.3 is 0 Å². The van der Waals surface area contributed by atoms with E-state index in [1.807, 2.05) is 0 Å². The molecule has 1 aliphatic rings. The number of carbonyl (C=O) groups excluding carboxylic acids is 1. The van der Waals surface area contributed by atoms with Gasteiger partial charge < -0.3 is 15.4 Å². The predicted molar refractivity (Wildman–Crippen MR) is 67.7 cm³/mol. The van der Waals surface area contributed by atoms with E-state index in [0.29, 0.717) is 18.1 Å². The number of carbonyl (C=O) groups is 1. The lowest BCUT2D eigenvalue weighted by Gasteiger charge is -2.03. The van der Waals surface area contributed by atoms with Gasteiger partial charge in [-0.2, -0.15) is 5.10 Å². The predicted octanol–water partition coefficient (Wildman–Crippen LogP) is 0.301. The summed E-state index contributed by atoms with van der Waals surface area (Å²) in [5, 5.41) is 10.3. The Labute approximate surface area is 107 Å². The second kappa shape index (κ2) is 5.86. The number of hydrogen-bond acceptors (Lipinski definition) is 4. The van der Waals surface area contributed by atoms with Crippen LogP contribution in [0.15, 0.2) is 6.07 Å². The Morgan fingerprint density at radius 3 is 2.94 bits per heavy atom. The molecule has 1 saturated carbocycles. The topological polar surface area (TPSA) is 68.2 Å². The molecule has 100 valence electrons. The maximum absolute atomic E-state index is 11.8. The average molecular weight is 252 g/mol. The first kappa shape index (κ1) is 12.9. The molecule has 1 aliphatic carbocycles. The highest BCUT2D eigenvalue weighted by atomic mass is 16.5. The molecule has 18 heavy (non-hydrogen) atoms. The molecule has 6 nitrogen and oxygen atoms in total. The standard InChI is InChI=1S/C12H20N4O2/c1-16-11(18-2)8-10(15-16)12(17)14-7-3-6-13-9-4-5-9/h8-9,13H,3-7H2,1-2H3,(H,14,17). The number of ether oxygens (including phenoxy) is 1. The number of amides is 1. The van der Waals surface area contributed by atoms with Gasteiger partial charge in [-0.3, -0.25) is 4.79 Å². The Kier molecular flexibility index (Phi) is 4.19. The van der Waals surface area contributed by atoms with E-state index in [2.05, 4.69) is 15.7 Å². The van der Waals surface area contributed by atoms with E-state index < -0.39 is 0 Å². The summed E-state index contributed by atoms with van der Waals surface area (Å²) in [5.41, 5.74) is 0.393. The number of nitrogens with zero attached hydrogens (tertiary/aromatic N) is 2. The van der Waals surface area contributed by atoms with Gasteiger partial charge in [-0.1, -0.05) is 0 Å². The lowest BCUT2D eigenvalue weighted by atomic mass is 10.3. The third kappa shape index (κ3) is 3.46. The van der Waals surface area contributed by atoms with Gasteiger partial charge in [0.2, 0.25) is 5.88 Å². The van der Waals surface area contributed by atoms with Gasteiger partial charge in [0.1, 0.15) is 0 Å². The highest BCUT2D eigenvalue weighted by Gasteiger charge is 2.19. The minimum absolute atomic E-state index is 0.152. The molecule has 2 rings (SSSR count). The highest BCUT2D eigenvalue weighted by Crippen LogP contribution is 2.18. The van der Waals surface area contributed by atoms with Crippen molar-refractivity contribution in [2.45, 2.75) is 25.3 Å². The van der Waals surface area contributed by atoms with Gasteiger partial charge in [-0.25, -0.2) is 4.68 Å². The molecule has 2 N–H and O–H groups in total. The number of rotatable bonds is 7. The van der Waals surface area contributed by atoms with Crippen molar-refractivity contribution in [3.8, 4) is 5.88 Å². The van der Waals surface area contributed by atoms with Gasteiger partial charge in [0.15, 0.2) is 5.69 Å². The normalized spacial score (nSPS) is 14.6. The molecular formula is C12H20N4O2. The molecule has 1 aromatic rings. The summed E-state index contributed by atoms with van der Waals surface area (Å²) < 4.78 is 6.61. The summed E-state index contributed by atoms with van der Waals surface area (Å²) in [6, 6.07) is 2.36. The molecule has 0 radical (unpaired) electrons. The number of methoxy groups -OCH3 is 1. The van der Waals surface area contributed by atoms with E-state index >= 15 is 0 Å². The quantitative estimate of drug-likeness (QED) is 0.685. The number of aromatic nitrogens is 2. The fourth-order valence-electron chi connectivity index (χ4n) is 1.73. The molecule has 0 spiro atoms. The maximum Gasteiger partial charge on any atom is 0.271 e. The van der Waals surface area contributed by atoms with Gasteiger partial charge in [-0.05, 0) is 25.8 Å². The van der Waals surface area contributed by atoms with Crippen molar-refractivity contribution in [1.29, 1.82) is 0 Å². The second-order valence-corrected chi connectivity index (χ2v) is 4.53. The first-order valence-electron chi connectivity index (χ1n) is 6.30. The molecule has 0 aromatic carbocycles. The van der Waals surface area contributed by atoms with Crippen molar-refractivity contribution in [3.05, 3.63) is 11.8 Å². The van der Waals surface area contributed by atoms with Gasteiger partial charge in [0, 0.05) is 25.7 Å². The van der Waals surface area contributed by atoms with Crippen LogP contribution in [0.1, 0.15) is 29.8 Å². The summed E-state index contributed by atoms with van der Waals surface area (Å²) in [4.78, 5) is 11.8. The molecular weight excluding hydrogens is 232 g/mol. The Hall–Kier alpha value is -1.56. The zero-order valence-corrected chi connectivity index (χ0v) is 10.9. The van der Waals surface area contributed by atoms with Gasteiger partial charge in [-0.15, -0.1) is 0 Å². The first-order valence-corrected chi connectivity index (χ1v) is 6.30. The van der Waals surface area contributed by atoms with Crippen molar-refractivity contribution < 1.29 is 9.53 Å². The lowest BCUT2D eigenvalue weighted by molar-refractivity contribution is 0.0947. The van der Waals surface area contributed by atoms with E-state index in [4.69, 9.17) is 4.74 Å². The Balaban J connectivity index is 1.69.